The number of nitrogens with zero attached hydrogens (tertiary/aromatic N) is 1. The van der Waals surface area contributed by atoms with Crippen LogP contribution in [0.2, 0.25) is 0 Å². The van der Waals surface area contributed by atoms with E-state index in [2.05, 4.69) is 5.32 Å². The number of nitrogens with one attached hydrogen (secondary N) is 1. The molecule has 1 rings (SSSR count). The van der Waals surface area contributed by atoms with Gasteiger partial charge in [-0.1, -0.05) is 0 Å². The van der Waals surface area contributed by atoms with Crippen LogP contribution in [0.15, 0.2) is 0 Å². The molecule has 0 radical (unpaired) electrons. The summed E-state index contributed by atoms with van der Waals surface area (Å²) in [6, 6.07) is -0.532. The number of urea groups is 1. The average molecular weight is 258 g/mol. The summed E-state index contributed by atoms with van der Waals surface area (Å²) in [4.78, 5) is 24.5. The monoisotopic (exact) mass is 258 g/mol. The molecule has 0 aliphatic carbocycles. The van der Waals surface area contributed by atoms with E-state index in [4.69, 9.17) is 16.2 Å². The van der Waals surface area contributed by atoms with Gasteiger partial charge < -0.3 is 26.4 Å². The first-order chi connectivity index (χ1) is 8.58. The molecule has 0 saturated carbocycles. The van der Waals surface area contributed by atoms with Crippen LogP contribution in [0, 0.1) is 5.92 Å². The van der Waals surface area contributed by atoms with Gasteiger partial charge in [0.2, 0.25) is 0 Å². The van der Waals surface area contributed by atoms with Crippen molar-refractivity contribution >= 4 is 11.9 Å². The maximum absolute atomic E-state index is 12.1. The Morgan fingerprint density at radius 2 is 2.28 bits per heavy atom. The number of ether oxygens (including phenoxy) is 1. The van der Waals surface area contributed by atoms with Gasteiger partial charge in [-0.15, -0.1) is 0 Å². The van der Waals surface area contributed by atoms with Crippen molar-refractivity contribution in [2.75, 3.05) is 33.3 Å². The van der Waals surface area contributed by atoms with Gasteiger partial charge >= 0.3 is 6.03 Å². The number of rotatable bonds is 5. The number of carbonyl (C=O) groups is 2. The van der Waals surface area contributed by atoms with Crippen LogP contribution in [0.1, 0.15) is 12.8 Å². The summed E-state index contributed by atoms with van der Waals surface area (Å²) in [7, 11) is 1.48. The molecule has 0 aromatic rings. The van der Waals surface area contributed by atoms with E-state index in [-0.39, 0.29) is 18.4 Å². The smallest absolute Gasteiger partial charge is 0.312 e. The van der Waals surface area contributed by atoms with Crippen LogP contribution in [-0.4, -0.2) is 56.2 Å². The number of nitrogens with two attached hydrogens (primary N) is 2. The summed E-state index contributed by atoms with van der Waals surface area (Å²) in [6.45, 7) is 2.00. The molecular formula is C11H22N4O3. The molecule has 18 heavy (non-hydrogen) atoms. The number of hydrogen-bond donors (Lipinski definition) is 3. The first-order valence-electron chi connectivity index (χ1n) is 6.13. The van der Waals surface area contributed by atoms with Crippen molar-refractivity contribution in [3.8, 4) is 0 Å². The highest BCUT2D eigenvalue weighted by Crippen LogP contribution is 2.16. The zero-order chi connectivity index (χ0) is 13.5. The number of methoxy groups -OCH3 is 1. The van der Waals surface area contributed by atoms with E-state index >= 15 is 0 Å². The van der Waals surface area contributed by atoms with Crippen LogP contribution in [0.5, 0.6) is 0 Å². The molecule has 1 fully saturated rings. The Bertz CT molecular complexity index is 294. The largest absolute Gasteiger partial charge is 0.370 e. The molecule has 0 spiro atoms. The molecular weight excluding hydrogens is 236 g/mol. The molecule has 0 bridgehead atoms. The van der Waals surface area contributed by atoms with Crippen molar-refractivity contribution in [1.29, 1.82) is 0 Å². The number of hydrogen-bond acceptors (Lipinski definition) is 4. The van der Waals surface area contributed by atoms with E-state index in [0.29, 0.717) is 19.6 Å². The fourth-order valence-electron chi connectivity index (χ4n) is 2.18. The maximum Gasteiger partial charge on any atom is 0.312 e. The van der Waals surface area contributed by atoms with Crippen LogP contribution < -0.4 is 16.8 Å². The lowest BCUT2D eigenvalue weighted by Crippen LogP contribution is -2.49. The van der Waals surface area contributed by atoms with Crippen molar-refractivity contribution in [2.24, 2.45) is 17.4 Å². The minimum absolute atomic E-state index is 0.0798. The summed E-state index contributed by atoms with van der Waals surface area (Å²) in [5.41, 5.74) is 10.5. The van der Waals surface area contributed by atoms with Gasteiger partial charge in [-0.2, -0.15) is 0 Å². The third kappa shape index (κ3) is 4.15. The van der Waals surface area contributed by atoms with Gasteiger partial charge in [-0.3, -0.25) is 4.79 Å². The normalized spacial score (nSPS) is 21.4. The molecule has 7 nitrogen and oxygen atoms in total. The molecule has 2 atom stereocenters. The topological polar surface area (TPSA) is 111 Å². The Kier molecular flexibility index (Phi) is 5.87. The van der Waals surface area contributed by atoms with Crippen LogP contribution in [0.25, 0.3) is 0 Å². The van der Waals surface area contributed by atoms with Crippen molar-refractivity contribution in [1.82, 2.24) is 10.2 Å². The van der Waals surface area contributed by atoms with Gasteiger partial charge in [-0.05, 0) is 18.8 Å². The molecule has 0 aromatic heterocycles. The van der Waals surface area contributed by atoms with E-state index < -0.39 is 12.1 Å². The number of carbonyl (C=O) groups excluding carboxylic acids is 2. The quantitative estimate of drug-likeness (QED) is 0.579. The minimum atomic E-state index is -0.576. The molecule has 2 unspecified atom stereocenters. The van der Waals surface area contributed by atoms with Gasteiger partial charge in [0.25, 0.3) is 5.91 Å². The second-order valence-corrected chi connectivity index (χ2v) is 4.50. The second kappa shape index (κ2) is 7.17. The Balaban J connectivity index is 2.47. The SMILES string of the molecule is COC(CN)C(=O)N1CCCC(CNC(N)=O)C1. The van der Waals surface area contributed by atoms with Crippen molar-refractivity contribution in [3.05, 3.63) is 0 Å². The minimum Gasteiger partial charge on any atom is -0.370 e. The molecule has 5 N–H and O–H groups in total. The Morgan fingerprint density at radius 1 is 1.56 bits per heavy atom. The predicted molar refractivity (Wildman–Crippen MR) is 66.7 cm³/mol. The van der Waals surface area contributed by atoms with E-state index in [1.54, 1.807) is 4.90 Å². The van der Waals surface area contributed by atoms with Crippen molar-refractivity contribution < 1.29 is 14.3 Å². The molecule has 1 aliphatic heterocycles. The molecule has 1 heterocycles. The molecule has 1 aliphatic rings. The average Bonchev–Trinajstić information content (AvgIpc) is 2.38. The molecule has 1 saturated heterocycles. The van der Waals surface area contributed by atoms with Crippen molar-refractivity contribution in [2.45, 2.75) is 18.9 Å². The molecule has 0 aromatic carbocycles. The first-order valence-corrected chi connectivity index (χ1v) is 6.13. The molecule has 7 heteroatoms. The fourth-order valence-corrected chi connectivity index (χ4v) is 2.18. The van der Waals surface area contributed by atoms with E-state index in [1.807, 2.05) is 0 Å². The second-order valence-electron chi connectivity index (χ2n) is 4.50. The highest BCUT2D eigenvalue weighted by molar-refractivity contribution is 5.81. The van der Waals surface area contributed by atoms with Crippen molar-refractivity contribution in [3.63, 3.8) is 0 Å². The van der Waals surface area contributed by atoms with Crippen LogP contribution in [0.4, 0.5) is 4.79 Å². The zero-order valence-corrected chi connectivity index (χ0v) is 10.7. The standard InChI is InChI=1S/C11H22N4O3/c1-18-9(5-12)10(16)15-4-2-3-8(7-15)6-14-11(13)17/h8-9H,2-7,12H2,1H3,(H3,13,14,17). The molecule has 104 valence electrons. The predicted octanol–water partition coefficient (Wildman–Crippen LogP) is -1.13. The van der Waals surface area contributed by atoms with Gasteiger partial charge in [0.15, 0.2) is 0 Å². The lowest BCUT2D eigenvalue weighted by molar-refractivity contribution is -0.143. The summed E-state index contributed by atoms with van der Waals surface area (Å²) in [6.07, 6.45) is 1.31. The summed E-state index contributed by atoms with van der Waals surface area (Å²) >= 11 is 0. The van der Waals surface area contributed by atoms with E-state index in [0.717, 1.165) is 12.8 Å². The highest BCUT2D eigenvalue weighted by atomic mass is 16.5. The Hall–Kier alpha value is -1.34. The lowest BCUT2D eigenvalue weighted by atomic mass is 9.97. The zero-order valence-electron chi connectivity index (χ0n) is 10.7. The van der Waals surface area contributed by atoms with Gasteiger partial charge in [0.1, 0.15) is 6.10 Å². The summed E-state index contributed by atoms with van der Waals surface area (Å²) < 4.78 is 5.04. The van der Waals surface area contributed by atoms with Crippen LogP contribution in [0.3, 0.4) is 0 Å². The third-order valence-electron chi connectivity index (χ3n) is 3.17. The molecule has 3 amide bonds. The van der Waals surface area contributed by atoms with E-state index in [9.17, 15) is 9.59 Å². The van der Waals surface area contributed by atoms with Gasteiger partial charge in [0.05, 0.1) is 0 Å². The summed E-state index contributed by atoms with van der Waals surface area (Å²) in [5.74, 6) is 0.161. The fraction of sp³-hybridized carbons (Fsp3) is 0.818. The van der Waals surface area contributed by atoms with E-state index in [1.165, 1.54) is 7.11 Å². The van der Waals surface area contributed by atoms with Gasteiger partial charge in [-0.25, -0.2) is 4.79 Å². The maximum atomic E-state index is 12.1. The van der Waals surface area contributed by atoms with Gasteiger partial charge in [0, 0.05) is 33.3 Å². The lowest BCUT2D eigenvalue weighted by Gasteiger charge is -2.34. The Labute approximate surface area is 107 Å². The van der Waals surface area contributed by atoms with Crippen LogP contribution >= 0.6 is 0 Å². The highest BCUT2D eigenvalue weighted by Gasteiger charge is 2.28. The first kappa shape index (κ1) is 14.7. The number of piperidine rings is 1. The van der Waals surface area contributed by atoms with Crippen LogP contribution in [-0.2, 0) is 9.53 Å². The number of amides is 3. The Morgan fingerprint density at radius 3 is 2.83 bits per heavy atom. The summed E-state index contributed by atoms with van der Waals surface area (Å²) in [5, 5.41) is 2.58. The number of likely N-dealkylation sites (tertiary alicyclic amines) is 1. The third-order valence-corrected chi connectivity index (χ3v) is 3.17. The number of primary amides is 1.